The first kappa shape index (κ1) is 31.4. The molecule has 2 heterocycles. The van der Waals surface area contributed by atoms with E-state index in [4.69, 9.17) is 21.6 Å². The summed E-state index contributed by atoms with van der Waals surface area (Å²) in [6.45, 7) is -1.40. The molecule has 41 heavy (non-hydrogen) atoms. The summed E-state index contributed by atoms with van der Waals surface area (Å²) in [4.78, 5) is 41.2. The van der Waals surface area contributed by atoms with Gasteiger partial charge >= 0.3 is 6.18 Å². The number of carbonyl (C=O) groups excluding carboxylic acids is 3. The second kappa shape index (κ2) is 13.0. The first-order valence-electron chi connectivity index (χ1n) is 12.1. The van der Waals surface area contributed by atoms with Crippen LogP contribution < -0.4 is 16.2 Å². The summed E-state index contributed by atoms with van der Waals surface area (Å²) >= 11 is 1.21. The van der Waals surface area contributed by atoms with Gasteiger partial charge in [-0.2, -0.15) is 13.2 Å². The third kappa shape index (κ3) is 7.76. The Bertz CT molecular complexity index is 1400. The lowest BCUT2D eigenvalue weighted by molar-refractivity contribution is -0.171. The van der Waals surface area contributed by atoms with E-state index in [1.807, 2.05) is 18.2 Å². The number of thiophene rings is 1. The minimum Gasteiger partial charge on any atom is -0.457 e. The van der Waals surface area contributed by atoms with E-state index >= 15 is 0 Å². The maximum absolute atomic E-state index is 13.5. The molecule has 0 radical (unpaired) electrons. The molecule has 3 amide bonds. The largest absolute Gasteiger partial charge is 0.457 e. The molecule has 3 aromatic rings. The Labute approximate surface area is 243 Å². The van der Waals surface area contributed by atoms with Crippen LogP contribution in [-0.2, 0) is 16.1 Å². The van der Waals surface area contributed by atoms with E-state index < -0.39 is 55.4 Å². The zero-order chi connectivity index (χ0) is 29.0. The van der Waals surface area contributed by atoms with Crippen LogP contribution >= 0.6 is 23.7 Å². The second-order valence-electron chi connectivity index (χ2n) is 9.25. The molecule has 1 aliphatic heterocycles. The molecule has 1 aromatic heterocycles. The molecule has 1 fully saturated rings. The lowest BCUT2D eigenvalue weighted by Crippen LogP contribution is -2.48. The number of ether oxygens (including phenoxy) is 1. The van der Waals surface area contributed by atoms with Crippen molar-refractivity contribution in [2.24, 2.45) is 17.4 Å². The quantitative estimate of drug-likeness (QED) is 0.247. The number of amides is 3. The number of likely N-dealkylation sites (tertiary alicyclic amines) is 1. The van der Waals surface area contributed by atoms with Crippen LogP contribution in [0.5, 0.6) is 11.5 Å². The van der Waals surface area contributed by atoms with Crippen LogP contribution in [-0.4, -0.2) is 58.7 Å². The third-order valence-corrected chi connectivity index (χ3v) is 7.34. The van der Waals surface area contributed by atoms with Crippen molar-refractivity contribution in [3.8, 4) is 11.5 Å². The van der Waals surface area contributed by atoms with Crippen molar-refractivity contribution >= 4 is 47.3 Å². The molecule has 218 valence electrons. The number of para-hydroxylation sites is 1. The highest BCUT2D eigenvalue weighted by atomic mass is 35.5. The normalized spacial score (nSPS) is 16.5. The smallest absolute Gasteiger partial charge is 0.393 e. The Morgan fingerprint density at radius 1 is 1.02 bits per heavy atom. The number of amidine groups is 1. The molecule has 1 aliphatic rings. The molecule has 0 aliphatic carbocycles. The van der Waals surface area contributed by atoms with E-state index in [1.54, 1.807) is 35.7 Å². The molecule has 2 aromatic carbocycles. The van der Waals surface area contributed by atoms with Crippen LogP contribution in [0.15, 0.2) is 66.0 Å². The Kier molecular flexibility index (Phi) is 10.00. The van der Waals surface area contributed by atoms with Crippen molar-refractivity contribution in [2.45, 2.75) is 25.2 Å². The van der Waals surface area contributed by atoms with Gasteiger partial charge in [0, 0.05) is 27.9 Å². The Morgan fingerprint density at radius 3 is 2.22 bits per heavy atom. The Hall–Kier alpha value is -4.10. The van der Waals surface area contributed by atoms with E-state index in [0.29, 0.717) is 21.9 Å². The van der Waals surface area contributed by atoms with Crippen LogP contribution in [0.4, 0.5) is 13.2 Å². The van der Waals surface area contributed by atoms with Crippen LogP contribution in [0.2, 0.25) is 0 Å². The molecule has 0 unspecified atom stereocenters. The molecular formula is C27H27ClF3N5O4S. The summed E-state index contributed by atoms with van der Waals surface area (Å²) in [5.41, 5.74) is 11.5. The molecule has 5 N–H and O–H groups in total. The molecule has 0 saturated carbocycles. The second-order valence-corrected chi connectivity index (χ2v) is 10.3. The van der Waals surface area contributed by atoms with Crippen LogP contribution in [0.1, 0.15) is 27.2 Å². The number of alkyl halides is 3. The minimum atomic E-state index is -4.61. The Balaban J connectivity index is 0.00000462. The predicted octanol–water partition coefficient (Wildman–Crippen LogP) is 4.15. The molecule has 14 heteroatoms. The van der Waals surface area contributed by atoms with Gasteiger partial charge in [-0.3, -0.25) is 19.8 Å². The third-order valence-electron chi connectivity index (χ3n) is 6.42. The highest BCUT2D eigenvalue weighted by Gasteiger charge is 2.50. The van der Waals surface area contributed by atoms with Gasteiger partial charge in [0.05, 0.1) is 12.5 Å². The summed E-state index contributed by atoms with van der Waals surface area (Å²) in [7, 11) is 0. The summed E-state index contributed by atoms with van der Waals surface area (Å²) in [6, 6.07) is 15.3. The average Bonchev–Trinajstić information content (AvgIpc) is 3.57. The number of carbonyl (C=O) groups is 3. The Morgan fingerprint density at radius 2 is 1.66 bits per heavy atom. The highest BCUT2D eigenvalue weighted by molar-refractivity contribution is 7.10. The van der Waals surface area contributed by atoms with Crippen molar-refractivity contribution in [2.75, 3.05) is 13.1 Å². The van der Waals surface area contributed by atoms with Crippen LogP contribution in [0.3, 0.4) is 0 Å². The summed E-state index contributed by atoms with van der Waals surface area (Å²) < 4.78 is 45.9. The number of rotatable bonds is 9. The lowest BCUT2D eigenvalue weighted by Gasteiger charge is -2.27. The minimum absolute atomic E-state index is 0. The molecule has 0 spiro atoms. The fourth-order valence-electron chi connectivity index (χ4n) is 4.34. The number of nitrogens with two attached hydrogens (primary N) is 2. The van der Waals surface area contributed by atoms with Gasteiger partial charge in [0.1, 0.15) is 29.9 Å². The van der Waals surface area contributed by atoms with Gasteiger partial charge in [-0.25, -0.2) is 0 Å². The van der Waals surface area contributed by atoms with Crippen LogP contribution in [0.25, 0.3) is 0 Å². The zero-order valence-corrected chi connectivity index (χ0v) is 23.1. The number of halogens is 4. The van der Waals surface area contributed by atoms with Gasteiger partial charge in [-0.05, 0) is 48.9 Å². The topological polar surface area (TPSA) is 143 Å². The summed E-state index contributed by atoms with van der Waals surface area (Å²) in [6.07, 6.45) is -5.24. The van der Waals surface area contributed by atoms with Crippen molar-refractivity contribution in [1.29, 1.82) is 5.41 Å². The van der Waals surface area contributed by atoms with Gasteiger partial charge < -0.3 is 26.0 Å². The lowest BCUT2D eigenvalue weighted by atomic mass is 10.1. The van der Waals surface area contributed by atoms with E-state index in [9.17, 15) is 27.6 Å². The maximum Gasteiger partial charge on any atom is 0.393 e. The van der Waals surface area contributed by atoms with Gasteiger partial charge in [0.15, 0.2) is 0 Å². The van der Waals surface area contributed by atoms with E-state index in [2.05, 4.69) is 0 Å². The SMILES string of the molecule is Cl.N=C(N)c1csc(CN(CC(=O)N2C[C@@H](C(F)(F)F)C[C@H]2C(N)=O)C(=O)c2ccc(Oc3ccccc3)cc2)c1. The summed E-state index contributed by atoms with van der Waals surface area (Å²) in [5, 5.41) is 9.22. The number of primary amides is 1. The fraction of sp³-hybridized carbons (Fsp3) is 0.259. The number of hydrogen-bond donors (Lipinski definition) is 3. The number of benzene rings is 2. The zero-order valence-electron chi connectivity index (χ0n) is 21.5. The van der Waals surface area contributed by atoms with Crippen molar-refractivity contribution < 1.29 is 32.3 Å². The van der Waals surface area contributed by atoms with Gasteiger partial charge in [0.2, 0.25) is 11.8 Å². The molecule has 4 rings (SSSR count). The van der Waals surface area contributed by atoms with Gasteiger partial charge in [-0.1, -0.05) is 18.2 Å². The van der Waals surface area contributed by atoms with Crippen molar-refractivity contribution in [1.82, 2.24) is 9.80 Å². The molecule has 1 saturated heterocycles. The highest BCUT2D eigenvalue weighted by Crippen LogP contribution is 2.36. The molecule has 9 nitrogen and oxygen atoms in total. The molecular weight excluding hydrogens is 583 g/mol. The number of nitrogens with zero attached hydrogens (tertiary/aromatic N) is 2. The monoisotopic (exact) mass is 609 g/mol. The number of nitrogen functional groups attached to an aromatic ring is 1. The van der Waals surface area contributed by atoms with Gasteiger partial charge in [-0.15, -0.1) is 23.7 Å². The summed E-state index contributed by atoms with van der Waals surface area (Å²) in [5.74, 6) is -3.46. The molecule has 0 bridgehead atoms. The standard InChI is InChI=1S/C27H26F3N5O4S.ClH/c28-27(29,30)18-11-22(25(33)37)35(12-18)23(36)14-34(13-21-10-17(15-40-21)24(31)32)26(38)16-6-8-20(9-7-16)39-19-4-2-1-3-5-19;/h1-10,15,18,22H,11-14H2,(H3,31,32)(H2,33,37);1H/t18-,22-;/m0./s1. The predicted molar refractivity (Wildman–Crippen MR) is 149 cm³/mol. The first-order chi connectivity index (χ1) is 18.9. The van der Waals surface area contributed by atoms with Gasteiger partial charge in [0.25, 0.3) is 5.91 Å². The van der Waals surface area contributed by atoms with E-state index in [-0.39, 0.29) is 30.4 Å². The van der Waals surface area contributed by atoms with Crippen molar-refractivity contribution in [3.05, 3.63) is 82.0 Å². The number of hydrogen-bond acceptors (Lipinski definition) is 6. The average molecular weight is 610 g/mol. The van der Waals surface area contributed by atoms with Crippen LogP contribution in [0, 0.1) is 11.3 Å². The first-order valence-corrected chi connectivity index (χ1v) is 13.0. The van der Waals surface area contributed by atoms with Crippen molar-refractivity contribution in [3.63, 3.8) is 0 Å². The maximum atomic E-state index is 13.5. The molecule has 2 atom stereocenters. The van der Waals surface area contributed by atoms with E-state index in [0.717, 1.165) is 4.90 Å². The number of nitrogens with one attached hydrogen (secondary N) is 1. The fourth-order valence-corrected chi connectivity index (χ4v) is 5.24. The van der Waals surface area contributed by atoms with E-state index in [1.165, 1.54) is 28.4 Å².